The number of nitrogens with zero attached hydrogens (tertiary/aromatic N) is 3. The number of aromatic nitrogens is 2. The van der Waals surface area contributed by atoms with Crippen LogP contribution in [0.15, 0.2) is 67.1 Å². The van der Waals surface area contributed by atoms with Crippen molar-refractivity contribution in [2.45, 2.75) is 25.3 Å². The molecule has 0 N–H and O–H groups in total. The van der Waals surface area contributed by atoms with Crippen LogP contribution in [0.2, 0.25) is 0 Å². The first-order chi connectivity index (χ1) is 13.3. The van der Waals surface area contributed by atoms with E-state index >= 15 is 0 Å². The second-order valence-electron chi connectivity index (χ2n) is 7.56. The number of Topliss-reactive ketones (excluding diaryl/α,β-unsaturated/α-hetero) is 1. The van der Waals surface area contributed by atoms with Gasteiger partial charge in [0.05, 0.1) is 24.3 Å². The minimum absolute atomic E-state index is 0.0957. The molecule has 0 amide bonds. The molecule has 0 spiro atoms. The number of fused-ring (bicyclic) bond motifs is 3. The molecule has 27 heavy (non-hydrogen) atoms. The van der Waals surface area contributed by atoms with Gasteiger partial charge < -0.3 is 9.47 Å². The Labute approximate surface area is 159 Å². The first kappa shape index (κ1) is 16.3. The summed E-state index contributed by atoms with van der Waals surface area (Å²) in [5, 5.41) is 0. The first-order valence-corrected chi connectivity index (χ1v) is 9.75. The molecule has 4 heteroatoms. The van der Waals surface area contributed by atoms with Gasteiger partial charge in [0.1, 0.15) is 5.78 Å². The van der Waals surface area contributed by atoms with Gasteiger partial charge in [0.15, 0.2) is 0 Å². The van der Waals surface area contributed by atoms with Crippen molar-refractivity contribution in [1.29, 1.82) is 0 Å². The molecular formula is C23H23N3O. The average Bonchev–Trinajstić information content (AvgIpc) is 3.32. The highest BCUT2D eigenvalue weighted by atomic mass is 16.1. The lowest BCUT2D eigenvalue weighted by Gasteiger charge is -2.33. The second kappa shape index (κ2) is 6.69. The van der Waals surface area contributed by atoms with Gasteiger partial charge >= 0.3 is 0 Å². The van der Waals surface area contributed by atoms with Gasteiger partial charge in [-0.05, 0) is 30.5 Å². The number of piperidine rings is 1. The lowest BCUT2D eigenvalue weighted by Crippen LogP contribution is -2.36. The molecule has 0 saturated carbocycles. The summed E-state index contributed by atoms with van der Waals surface area (Å²) in [6, 6.07) is 19.0. The number of anilines is 1. The first-order valence-electron chi connectivity index (χ1n) is 9.75. The third-order valence-corrected chi connectivity index (χ3v) is 6.06. The van der Waals surface area contributed by atoms with Crippen LogP contribution < -0.4 is 4.90 Å². The summed E-state index contributed by atoms with van der Waals surface area (Å²) < 4.78 is 2.17. The van der Waals surface area contributed by atoms with E-state index in [1.54, 1.807) is 0 Å². The number of hydrogen-bond acceptors (Lipinski definition) is 3. The molecule has 3 heterocycles. The molecule has 2 aliphatic heterocycles. The number of carbonyl (C=O) groups is 1. The maximum atomic E-state index is 13.1. The summed E-state index contributed by atoms with van der Waals surface area (Å²) in [5.41, 5.74) is 4.86. The summed E-state index contributed by atoms with van der Waals surface area (Å²) in [4.78, 5) is 19.8. The Morgan fingerprint density at radius 3 is 2.56 bits per heavy atom. The van der Waals surface area contributed by atoms with Crippen molar-refractivity contribution in [3.05, 3.63) is 72.7 Å². The van der Waals surface area contributed by atoms with Gasteiger partial charge in [-0.3, -0.25) is 4.79 Å². The van der Waals surface area contributed by atoms with E-state index in [0.29, 0.717) is 12.2 Å². The molecule has 2 aliphatic rings. The highest BCUT2D eigenvalue weighted by Gasteiger charge is 2.33. The standard InChI is InChI=1S/C23H23N3O/c27-23(17-10-12-25(13-11-17)18-6-2-1-3-7-18)14-21-19-8-4-5-9-20(19)22-15-24-16-26(21)22/h1-9,15-17,21H,10-14H2. The van der Waals surface area contributed by atoms with E-state index in [1.165, 1.54) is 16.8 Å². The lowest BCUT2D eigenvalue weighted by molar-refractivity contribution is -0.123. The van der Waals surface area contributed by atoms with Gasteiger partial charge in [0.2, 0.25) is 0 Å². The molecule has 2 aromatic carbocycles. The largest absolute Gasteiger partial charge is 0.371 e. The van der Waals surface area contributed by atoms with Gasteiger partial charge in [-0.1, -0.05) is 42.5 Å². The fourth-order valence-corrected chi connectivity index (χ4v) is 4.60. The zero-order valence-electron chi connectivity index (χ0n) is 15.3. The highest BCUT2D eigenvalue weighted by molar-refractivity contribution is 5.83. The van der Waals surface area contributed by atoms with Gasteiger partial charge in [-0.25, -0.2) is 4.98 Å². The molecule has 1 saturated heterocycles. The molecule has 4 nitrogen and oxygen atoms in total. The zero-order chi connectivity index (χ0) is 18.2. The molecule has 1 unspecified atom stereocenters. The van der Waals surface area contributed by atoms with Crippen LogP contribution in [0.1, 0.15) is 30.9 Å². The third-order valence-electron chi connectivity index (χ3n) is 6.06. The summed E-state index contributed by atoms with van der Waals surface area (Å²) >= 11 is 0. The summed E-state index contributed by atoms with van der Waals surface area (Å²) in [6.07, 6.45) is 6.22. The van der Waals surface area contributed by atoms with Crippen molar-refractivity contribution in [1.82, 2.24) is 9.55 Å². The van der Waals surface area contributed by atoms with Crippen molar-refractivity contribution in [2.24, 2.45) is 5.92 Å². The Bertz CT molecular complexity index is 955. The van der Waals surface area contributed by atoms with Crippen LogP contribution in [0.25, 0.3) is 11.3 Å². The Morgan fingerprint density at radius 1 is 1.00 bits per heavy atom. The topological polar surface area (TPSA) is 38.1 Å². The van der Waals surface area contributed by atoms with Gasteiger partial charge in [0.25, 0.3) is 0 Å². The van der Waals surface area contributed by atoms with E-state index in [1.807, 2.05) is 18.6 Å². The molecule has 0 radical (unpaired) electrons. The smallest absolute Gasteiger partial charge is 0.138 e. The quantitative estimate of drug-likeness (QED) is 0.698. The van der Waals surface area contributed by atoms with Gasteiger partial charge in [0, 0.05) is 36.7 Å². The van der Waals surface area contributed by atoms with Crippen LogP contribution in [-0.2, 0) is 4.79 Å². The predicted molar refractivity (Wildman–Crippen MR) is 107 cm³/mol. The molecule has 0 bridgehead atoms. The molecule has 1 atom stereocenters. The van der Waals surface area contributed by atoms with E-state index in [2.05, 4.69) is 63.0 Å². The SMILES string of the molecule is O=C(CC1c2ccccc2-c2cncn21)C1CCN(c2ccccc2)CC1. The van der Waals surface area contributed by atoms with Crippen molar-refractivity contribution in [3.8, 4) is 11.3 Å². The molecule has 3 aromatic rings. The van der Waals surface area contributed by atoms with E-state index < -0.39 is 0 Å². The molecule has 0 aliphatic carbocycles. The maximum Gasteiger partial charge on any atom is 0.138 e. The number of para-hydroxylation sites is 1. The normalized spacial score (nSPS) is 19.0. The van der Waals surface area contributed by atoms with E-state index in [4.69, 9.17) is 0 Å². The monoisotopic (exact) mass is 357 g/mol. The van der Waals surface area contributed by atoms with Crippen molar-refractivity contribution < 1.29 is 4.79 Å². The molecule has 5 rings (SSSR count). The Kier molecular flexibility index (Phi) is 4.04. The lowest BCUT2D eigenvalue weighted by atomic mass is 9.87. The van der Waals surface area contributed by atoms with Crippen LogP contribution in [0.3, 0.4) is 0 Å². The van der Waals surface area contributed by atoms with Gasteiger partial charge in [-0.2, -0.15) is 0 Å². The number of rotatable bonds is 4. The Balaban J connectivity index is 1.28. The fourth-order valence-electron chi connectivity index (χ4n) is 4.60. The molecule has 136 valence electrons. The van der Waals surface area contributed by atoms with E-state index in [9.17, 15) is 4.79 Å². The fraction of sp³-hybridized carbons (Fsp3) is 0.304. The van der Waals surface area contributed by atoms with Crippen LogP contribution in [0.5, 0.6) is 0 Å². The minimum atomic E-state index is 0.0957. The van der Waals surface area contributed by atoms with Crippen LogP contribution in [-0.4, -0.2) is 28.4 Å². The highest BCUT2D eigenvalue weighted by Crippen LogP contribution is 2.41. The number of hydrogen-bond donors (Lipinski definition) is 0. The van der Waals surface area contributed by atoms with Crippen molar-refractivity contribution >= 4 is 11.5 Å². The second-order valence-corrected chi connectivity index (χ2v) is 7.56. The number of imidazole rings is 1. The Hall–Kier alpha value is -2.88. The maximum absolute atomic E-state index is 13.1. The summed E-state index contributed by atoms with van der Waals surface area (Å²) in [6.45, 7) is 1.91. The zero-order valence-corrected chi connectivity index (χ0v) is 15.3. The molecule has 1 aromatic heterocycles. The number of carbonyl (C=O) groups excluding carboxylic acids is 1. The van der Waals surface area contributed by atoms with Crippen LogP contribution >= 0.6 is 0 Å². The van der Waals surface area contributed by atoms with Crippen LogP contribution in [0.4, 0.5) is 5.69 Å². The number of benzene rings is 2. The number of ketones is 1. The van der Waals surface area contributed by atoms with Crippen molar-refractivity contribution in [2.75, 3.05) is 18.0 Å². The third kappa shape index (κ3) is 2.85. The molecule has 1 fully saturated rings. The molecular weight excluding hydrogens is 334 g/mol. The minimum Gasteiger partial charge on any atom is -0.371 e. The van der Waals surface area contributed by atoms with Gasteiger partial charge in [-0.15, -0.1) is 0 Å². The van der Waals surface area contributed by atoms with Crippen LogP contribution in [0, 0.1) is 5.92 Å². The van der Waals surface area contributed by atoms with E-state index in [-0.39, 0.29) is 12.0 Å². The predicted octanol–water partition coefficient (Wildman–Crippen LogP) is 4.33. The van der Waals surface area contributed by atoms with Crippen molar-refractivity contribution in [3.63, 3.8) is 0 Å². The summed E-state index contributed by atoms with van der Waals surface area (Å²) in [7, 11) is 0. The Morgan fingerprint density at radius 2 is 1.74 bits per heavy atom. The summed E-state index contributed by atoms with van der Waals surface area (Å²) in [5.74, 6) is 0.564. The average molecular weight is 357 g/mol. The van der Waals surface area contributed by atoms with E-state index in [0.717, 1.165) is 31.6 Å².